The van der Waals surface area contributed by atoms with E-state index in [4.69, 9.17) is 22.4 Å². The highest BCUT2D eigenvalue weighted by Crippen LogP contribution is 2.09. The molecular formula is C10H16N2O3S2. The van der Waals surface area contributed by atoms with E-state index in [0.717, 1.165) is 5.76 Å². The SMILES string of the molecule is CCC(C(N)=S)S(=O)(=O)NCc1ccc(C)o1. The molecule has 7 heteroatoms. The van der Waals surface area contributed by atoms with Crippen molar-refractivity contribution >= 4 is 27.2 Å². The molecule has 3 N–H and O–H groups in total. The highest BCUT2D eigenvalue weighted by molar-refractivity contribution is 7.93. The highest BCUT2D eigenvalue weighted by atomic mass is 32.2. The van der Waals surface area contributed by atoms with E-state index < -0.39 is 15.3 Å². The van der Waals surface area contributed by atoms with Gasteiger partial charge in [-0.3, -0.25) is 0 Å². The van der Waals surface area contributed by atoms with Gasteiger partial charge in [-0.15, -0.1) is 0 Å². The number of hydrogen-bond donors (Lipinski definition) is 2. The first-order chi connectivity index (χ1) is 7.86. The predicted molar refractivity (Wildman–Crippen MR) is 70.1 cm³/mol. The minimum absolute atomic E-state index is 0.0179. The molecule has 5 nitrogen and oxygen atoms in total. The van der Waals surface area contributed by atoms with Crippen molar-refractivity contribution in [3.8, 4) is 0 Å². The average Bonchev–Trinajstić information content (AvgIpc) is 2.61. The van der Waals surface area contributed by atoms with E-state index >= 15 is 0 Å². The van der Waals surface area contributed by atoms with Crippen LogP contribution in [0.2, 0.25) is 0 Å². The van der Waals surface area contributed by atoms with Gasteiger partial charge in [0.25, 0.3) is 0 Å². The van der Waals surface area contributed by atoms with Crippen LogP contribution in [0.3, 0.4) is 0 Å². The summed E-state index contributed by atoms with van der Waals surface area (Å²) in [5, 5.41) is -0.839. The van der Waals surface area contributed by atoms with Crippen LogP contribution in [0.25, 0.3) is 0 Å². The van der Waals surface area contributed by atoms with Crippen LogP contribution in [0.15, 0.2) is 16.5 Å². The van der Waals surface area contributed by atoms with E-state index in [1.165, 1.54) is 0 Å². The molecule has 0 bridgehead atoms. The summed E-state index contributed by atoms with van der Waals surface area (Å²) < 4.78 is 31.4. The van der Waals surface area contributed by atoms with Crippen molar-refractivity contribution in [2.75, 3.05) is 0 Å². The van der Waals surface area contributed by atoms with Crippen molar-refractivity contribution in [1.29, 1.82) is 0 Å². The first kappa shape index (κ1) is 14.1. The van der Waals surface area contributed by atoms with Gasteiger partial charge < -0.3 is 10.2 Å². The molecule has 0 aliphatic heterocycles. The Hall–Kier alpha value is -0.920. The first-order valence-corrected chi connectivity index (χ1v) is 7.15. The Kier molecular flexibility index (Phi) is 4.67. The maximum Gasteiger partial charge on any atom is 0.221 e. The van der Waals surface area contributed by atoms with Crippen molar-refractivity contribution in [2.45, 2.75) is 32.1 Å². The molecule has 0 aromatic carbocycles. The van der Waals surface area contributed by atoms with Crippen molar-refractivity contribution in [1.82, 2.24) is 4.72 Å². The minimum Gasteiger partial charge on any atom is -0.465 e. The van der Waals surface area contributed by atoms with E-state index in [2.05, 4.69) is 4.72 Å². The number of furan rings is 1. The summed E-state index contributed by atoms with van der Waals surface area (Å²) in [7, 11) is -3.54. The first-order valence-electron chi connectivity index (χ1n) is 5.20. The molecule has 1 aromatic heterocycles. The van der Waals surface area contributed by atoms with Crippen LogP contribution in [0.5, 0.6) is 0 Å². The summed E-state index contributed by atoms with van der Waals surface area (Å²) >= 11 is 4.73. The van der Waals surface area contributed by atoms with Crippen molar-refractivity contribution in [3.63, 3.8) is 0 Å². The van der Waals surface area contributed by atoms with Gasteiger partial charge in [-0.25, -0.2) is 13.1 Å². The van der Waals surface area contributed by atoms with E-state index in [1.807, 2.05) is 0 Å². The molecule has 1 aromatic rings. The second kappa shape index (κ2) is 5.61. The summed E-state index contributed by atoms with van der Waals surface area (Å²) in [6.45, 7) is 3.62. The lowest BCUT2D eigenvalue weighted by Crippen LogP contribution is -2.41. The lowest BCUT2D eigenvalue weighted by atomic mass is 10.3. The molecule has 0 saturated carbocycles. The summed E-state index contributed by atoms with van der Waals surface area (Å²) in [5.41, 5.74) is 5.40. The van der Waals surface area contributed by atoms with Gasteiger partial charge in [-0.2, -0.15) is 0 Å². The number of nitrogens with one attached hydrogen (secondary N) is 1. The molecule has 0 aliphatic carbocycles. The Balaban J connectivity index is 2.70. The van der Waals surface area contributed by atoms with Gasteiger partial charge >= 0.3 is 0 Å². The number of hydrogen-bond acceptors (Lipinski definition) is 4. The van der Waals surface area contributed by atoms with E-state index in [1.54, 1.807) is 26.0 Å². The normalized spacial score (nSPS) is 13.5. The maximum atomic E-state index is 11.9. The Bertz CT molecular complexity index is 493. The van der Waals surface area contributed by atoms with Crippen LogP contribution in [-0.4, -0.2) is 18.7 Å². The van der Waals surface area contributed by atoms with Crippen LogP contribution < -0.4 is 10.5 Å². The molecule has 0 amide bonds. The average molecular weight is 276 g/mol. The van der Waals surface area contributed by atoms with Gasteiger partial charge in [0, 0.05) is 0 Å². The summed E-state index contributed by atoms with van der Waals surface area (Å²) in [6.07, 6.45) is 0.349. The molecule has 0 saturated heterocycles. The van der Waals surface area contributed by atoms with Gasteiger partial charge in [0.15, 0.2) is 0 Å². The molecule has 0 aliphatic rings. The second-order valence-electron chi connectivity index (χ2n) is 3.68. The van der Waals surface area contributed by atoms with Crippen LogP contribution >= 0.6 is 12.2 Å². The largest absolute Gasteiger partial charge is 0.465 e. The summed E-state index contributed by atoms with van der Waals surface area (Å²) in [4.78, 5) is -0.0179. The molecule has 1 unspecified atom stereocenters. The molecule has 17 heavy (non-hydrogen) atoms. The molecule has 1 atom stereocenters. The Morgan fingerprint density at radius 3 is 2.65 bits per heavy atom. The van der Waals surface area contributed by atoms with Crippen LogP contribution in [-0.2, 0) is 16.6 Å². The molecular weight excluding hydrogens is 260 g/mol. The molecule has 96 valence electrons. The molecule has 0 fully saturated rings. The Morgan fingerprint density at radius 2 is 2.24 bits per heavy atom. The third-order valence-corrected chi connectivity index (χ3v) is 4.62. The third-order valence-electron chi connectivity index (χ3n) is 2.31. The lowest BCUT2D eigenvalue weighted by molar-refractivity contribution is 0.475. The summed E-state index contributed by atoms with van der Waals surface area (Å²) in [6, 6.07) is 3.49. The van der Waals surface area contributed by atoms with Crippen LogP contribution in [0, 0.1) is 6.92 Å². The van der Waals surface area contributed by atoms with E-state index in [9.17, 15) is 8.42 Å². The smallest absolute Gasteiger partial charge is 0.221 e. The second-order valence-corrected chi connectivity index (χ2v) is 6.10. The van der Waals surface area contributed by atoms with Crippen molar-refractivity contribution < 1.29 is 12.8 Å². The van der Waals surface area contributed by atoms with Gasteiger partial charge in [-0.1, -0.05) is 19.1 Å². The zero-order valence-corrected chi connectivity index (χ0v) is 11.4. The monoisotopic (exact) mass is 276 g/mol. The fourth-order valence-corrected chi connectivity index (χ4v) is 3.26. The topological polar surface area (TPSA) is 85.3 Å². The maximum absolute atomic E-state index is 11.9. The number of rotatable bonds is 6. The lowest BCUT2D eigenvalue weighted by Gasteiger charge is -2.14. The molecule has 0 radical (unpaired) electrons. The van der Waals surface area contributed by atoms with E-state index in [0.29, 0.717) is 12.2 Å². The number of thiocarbonyl (C=S) groups is 1. The fraction of sp³-hybridized carbons (Fsp3) is 0.500. The van der Waals surface area contributed by atoms with Gasteiger partial charge in [0.2, 0.25) is 10.0 Å². The van der Waals surface area contributed by atoms with Crippen molar-refractivity contribution in [3.05, 3.63) is 23.7 Å². The minimum atomic E-state index is -3.54. The number of sulfonamides is 1. The van der Waals surface area contributed by atoms with Gasteiger partial charge in [0.1, 0.15) is 16.8 Å². The highest BCUT2D eigenvalue weighted by Gasteiger charge is 2.26. The quantitative estimate of drug-likeness (QED) is 0.759. The molecule has 1 heterocycles. The summed E-state index contributed by atoms with van der Waals surface area (Å²) in [5.74, 6) is 1.30. The Morgan fingerprint density at radius 1 is 1.59 bits per heavy atom. The zero-order valence-electron chi connectivity index (χ0n) is 9.76. The van der Waals surface area contributed by atoms with Crippen LogP contribution in [0.1, 0.15) is 24.9 Å². The van der Waals surface area contributed by atoms with Gasteiger partial charge in [0.05, 0.1) is 11.5 Å². The Labute approximate surface area is 106 Å². The molecule has 1 rings (SSSR count). The number of nitrogens with two attached hydrogens (primary N) is 1. The third kappa shape index (κ3) is 3.79. The van der Waals surface area contributed by atoms with Crippen molar-refractivity contribution in [2.24, 2.45) is 5.73 Å². The standard InChI is InChI=1S/C10H16N2O3S2/c1-3-9(10(11)16)17(13,14)12-6-8-5-4-7(2)15-8/h4-5,9,12H,3,6H2,1-2H3,(H2,11,16). The fourth-order valence-electron chi connectivity index (χ4n) is 1.43. The van der Waals surface area contributed by atoms with E-state index in [-0.39, 0.29) is 11.5 Å². The number of aryl methyl sites for hydroxylation is 1. The molecule has 0 spiro atoms. The van der Waals surface area contributed by atoms with Gasteiger partial charge in [-0.05, 0) is 25.5 Å². The zero-order chi connectivity index (χ0) is 13.1. The van der Waals surface area contributed by atoms with Crippen LogP contribution in [0.4, 0.5) is 0 Å². The predicted octanol–water partition coefficient (Wildman–Crippen LogP) is 1.07.